The summed E-state index contributed by atoms with van der Waals surface area (Å²) in [4.78, 5) is 35.7. The fraction of sp³-hybridized carbons (Fsp3) is 0.316. The Morgan fingerprint density at radius 2 is 1.81 bits per heavy atom. The molecule has 1 N–H and O–H groups in total. The topological polar surface area (TPSA) is 77.4 Å². The number of anilines is 1. The summed E-state index contributed by atoms with van der Waals surface area (Å²) in [6.45, 7) is 3.40. The predicted octanol–water partition coefficient (Wildman–Crippen LogP) is 2.88. The Balaban J connectivity index is 1.70. The van der Waals surface area contributed by atoms with Crippen molar-refractivity contribution in [3.63, 3.8) is 0 Å². The maximum atomic E-state index is 12.8. The van der Waals surface area contributed by atoms with Crippen molar-refractivity contribution in [2.45, 2.75) is 13.8 Å². The van der Waals surface area contributed by atoms with E-state index in [0.29, 0.717) is 11.3 Å². The molecular weight excluding hydrogens is 371 g/mol. The van der Waals surface area contributed by atoms with Crippen molar-refractivity contribution in [3.8, 4) is 0 Å². The van der Waals surface area contributed by atoms with Crippen LogP contribution in [0.2, 0.25) is 0 Å². The normalized spacial score (nSPS) is 10.5. The van der Waals surface area contributed by atoms with Gasteiger partial charge in [-0.1, -0.05) is 0 Å². The number of rotatable bonds is 8. The van der Waals surface area contributed by atoms with E-state index in [4.69, 9.17) is 4.74 Å². The molecule has 1 aromatic heterocycles. The summed E-state index contributed by atoms with van der Waals surface area (Å²) in [6, 6.07) is 7.15. The van der Waals surface area contributed by atoms with E-state index in [1.807, 2.05) is 25.5 Å². The van der Waals surface area contributed by atoms with Gasteiger partial charge in [-0.05, 0) is 44.2 Å². The number of nitrogens with one attached hydrogen (secondary N) is 1. The largest absolute Gasteiger partial charge is 0.457 e. The Morgan fingerprint density at radius 1 is 1.15 bits per heavy atom. The lowest BCUT2D eigenvalue weighted by Gasteiger charge is -2.06. The molecule has 0 spiro atoms. The highest BCUT2D eigenvalue weighted by Gasteiger charge is 2.16. The van der Waals surface area contributed by atoms with Gasteiger partial charge in [0.05, 0.1) is 11.5 Å². The van der Waals surface area contributed by atoms with E-state index in [1.165, 1.54) is 24.3 Å². The lowest BCUT2D eigenvalue weighted by atomic mass is 10.1. The minimum Gasteiger partial charge on any atom is -0.457 e. The minimum atomic E-state index is -0.562. The number of carbonyl (C=O) groups is 3. The number of thioether (sulfide) groups is 1. The SMILES string of the molecule is Cc1cc(C(=O)COC(=O)CSCC(=O)Nc2ccc(F)cc2)c(C)n1C. The number of ether oxygens (including phenoxy) is 1. The quantitative estimate of drug-likeness (QED) is 0.552. The highest BCUT2D eigenvalue weighted by atomic mass is 32.2. The molecule has 2 aromatic rings. The van der Waals surface area contributed by atoms with Crippen LogP contribution in [0.4, 0.5) is 10.1 Å². The molecule has 0 radical (unpaired) electrons. The van der Waals surface area contributed by atoms with Crippen molar-refractivity contribution < 1.29 is 23.5 Å². The number of esters is 1. The smallest absolute Gasteiger partial charge is 0.316 e. The van der Waals surface area contributed by atoms with E-state index in [0.717, 1.165) is 23.1 Å². The number of halogens is 1. The molecule has 144 valence electrons. The summed E-state index contributed by atoms with van der Waals surface area (Å²) in [6.07, 6.45) is 0. The number of ketones is 1. The molecule has 0 aliphatic heterocycles. The molecule has 0 fully saturated rings. The molecule has 8 heteroatoms. The van der Waals surface area contributed by atoms with Gasteiger partial charge in [0.1, 0.15) is 5.82 Å². The zero-order valence-electron chi connectivity index (χ0n) is 15.4. The number of amides is 1. The van der Waals surface area contributed by atoms with Gasteiger partial charge >= 0.3 is 5.97 Å². The van der Waals surface area contributed by atoms with E-state index < -0.39 is 5.97 Å². The zero-order valence-corrected chi connectivity index (χ0v) is 16.2. The Kier molecular flexibility index (Phi) is 7.18. The Bertz CT molecular complexity index is 846. The maximum Gasteiger partial charge on any atom is 0.316 e. The molecular formula is C19H21FN2O4S. The lowest BCUT2D eigenvalue weighted by molar-refractivity contribution is -0.139. The molecule has 0 saturated carbocycles. The zero-order chi connectivity index (χ0) is 20.0. The van der Waals surface area contributed by atoms with Crippen molar-refractivity contribution in [2.75, 3.05) is 23.4 Å². The summed E-state index contributed by atoms with van der Waals surface area (Å²) < 4.78 is 19.7. The van der Waals surface area contributed by atoms with Crippen molar-refractivity contribution in [2.24, 2.45) is 7.05 Å². The molecule has 6 nitrogen and oxygen atoms in total. The van der Waals surface area contributed by atoms with E-state index in [1.54, 1.807) is 6.07 Å². The number of nitrogens with zero attached hydrogens (tertiary/aromatic N) is 1. The fourth-order valence-corrected chi connectivity index (χ4v) is 2.97. The van der Waals surface area contributed by atoms with Crippen LogP contribution in [0, 0.1) is 19.7 Å². The van der Waals surface area contributed by atoms with Crippen LogP contribution in [0.5, 0.6) is 0 Å². The summed E-state index contributed by atoms with van der Waals surface area (Å²) >= 11 is 1.07. The van der Waals surface area contributed by atoms with Crippen molar-refractivity contribution >= 4 is 35.1 Å². The van der Waals surface area contributed by atoms with Crippen LogP contribution < -0.4 is 5.32 Å². The van der Waals surface area contributed by atoms with Crippen molar-refractivity contribution in [1.29, 1.82) is 0 Å². The molecule has 27 heavy (non-hydrogen) atoms. The molecule has 1 heterocycles. The van der Waals surface area contributed by atoms with Crippen molar-refractivity contribution in [1.82, 2.24) is 4.57 Å². The van der Waals surface area contributed by atoms with Gasteiger partial charge in [-0.3, -0.25) is 14.4 Å². The van der Waals surface area contributed by atoms with E-state index in [9.17, 15) is 18.8 Å². The van der Waals surface area contributed by atoms with Crippen LogP contribution in [-0.2, 0) is 21.4 Å². The Labute approximate surface area is 161 Å². The molecule has 2 rings (SSSR count). The predicted molar refractivity (Wildman–Crippen MR) is 103 cm³/mol. The highest BCUT2D eigenvalue weighted by Crippen LogP contribution is 2.14. The van der Waals surface area contributed by atoms with Gasteiger partial charge in [-0.15, -0.1) is 11.8 Å². The lowest BCUT2D eigenvalue weighted by Crippen LogP contribution is -2.18. The average Bonchev–Trinajstić information content (AvgIpc) is 2.89. The van der Waals surface area contributed by atoms with Crippen LogP contribution in [0.15, 0.2) is 30.3 Å². The van der Waals surface area contributed by atoms with Gasteiger partial charge in [0.25, 0.3) is 0 Å². The first kappa shape index (κ1) is 20.7. The second kappa shape index (κ2) is 9.36. The summed E-state index contributed by atoms with van der Waals surface area (Å²) in [7, 11) is 1.86. The van der Waals surface area contributed by atoms with Crippen molar-refractivity contribution in [3.05, 3.63) is 53.1 Å². The Morgan fingerprint density at radius 3 is 2.41 bits per heavy atom. The highest BCUT2D eigenvalue weighted by molar-refractivity contribution is 8.00. The van der Waals surface area contributed by atoms with E-state index >= 15 is 0 Å². The minimum absolute atomic E-state index is 0.0391. The number of hydrogen-bond donors (Lipinski definition) is 1. The molecule has 1 amide bonds. The van der Waals surface area contributed by atoms with Crippen LogP contribution in [-0.4, -0.2) is 40.3 Å². The number of benzene rings is 1. The number of hydrogen-bond acceptors (Lipinski definition) is 5. The molecule has 0 unspecified atom stereocenters. The maximum absolute atomic E-state index is 12.8. The third kappa shape index (κ3) is 5.96. The van der Waals surface area contributed by atoms with Gasteiger partial charge in [0, 0.05) is 29.7 Å². The van der Waals surface area contributed by atoms with Crippen LogP contribution in [0.25, 0.3) is 0 Å². The van der Waals surface area contributed by atoms with Crippen LogP contribution >= 0.6 is 11.8 Å². The Hall–Kier alpha value is -2.61. The molecule has 0 aliphatic rings. The fourth-order valence-electron chi connectivity index (χ4n) is 2.36. The standard InChI is InChI=1S/C19H21FN2O4S/c1-12-8-16(13(2)22(12)3)17(23)9-26-19(25)11-27-10-18(24)21-15-6-4-14(20)5-7-15/h4-8H,9-11H2,1-3H3,(H,21,24). The molecule has 0 aliphatic carbocycles. The van der Waals surface area contributed by atoms with E-state index in [2.05, 4.69) is 5.32 Å². The summed E-state index contributed by atoms with van der Waals surface area (Å²) in [5.74, 6) is -1.53. The van der Waals surface area contributed by atoms with Gasteiger partial charge in [-0.2, -0.15) is 0 Å². The third-order valence-electron chi connectivity index (χ3n) is 4.02. The van der Waals surface area contributed by atoms with Gasteiger partial charge in [0.15, 0.2) is 6.61 Å². The van der Waals surface area contributed by atoms with Gasteiger partial charge in [0.2, 0.25) is 11.7 Å². The number of carbonyl (C=O) groups excluding carboxylic acids is 3. The second-order valence-electron chi connectivity index (χ2n) is 5.98. The first-order chi connectivity index (χ1) is 12.8. The summed E-state index contributed by atoms with van der Waals surface area (Å²) in [5.41, 5.74) is 2.78. The average molecular weight is 392 g/mol. The molecule has 1 aromatic carbocycles. The van der Waals surface area contributed by atoms with Crippen LogP contribution in [0.1, 0.15) is 21.7 Å². The number of aromatic nitrogens is 1. The van der Waals surface area contributed by atoms with Gasteiger partial charge in [-0.25, -0.2) is 4.39 Å². The first-order valence-electron chi connectivity index (χ1n) is 8.23. The molecule has 0 saturated heterocycles. The molecule has 0 atom stereocenters. The number of Topliss-reactive ketones (excluding diaryl/α,β-unsaturated/α-hetero) is 1. The van der Waals surface area contributed by atoms with Crippen LogP contribution in [0.3, 0.4) is 0 Å². The first-order valence-corrected chi connectivity index (χ1v) is 9.38. The molecule has 0 bridgehead atoms. The van der Waals surface area contributed by atoms with Gasteiger partial charge < -0.3 is 14.6 Å². The number of aryl methyl sites for hydroxylation is 1. The third-order valence-corrected chi connectivity index (χ3v) is 4.93. The monoisotopic (exact) mass is 392 g/mol. The van der Waals surface area contributed by atoms with E-state index in [-0.39, 0.29) is 35.6 Å². The second-order valence-corrected chi connectivity index (χ2v) is 6.96. The summed E-state index contributed by atoms with van der Waals surface area (Å²) in [5, 5.41) is 2.59.